The molecule has 114 valence electrons. The largest absolute Gasteiger partial charge is 0.444 e. The normalized spacial score (nSPS) is 10.5. The van der Waals surface area contributed by atoms with Crippen molar-refractivity contribution in [2.24, 2.45) is 5.73 Å². The van der Waals surface area contributed by atoms with E-state index in [2.05, 4.69) is 17.2 Å². The van der Waals surface area contributed by atoms with Crippen molar-refractivity contribution < 1.29 is 9.53 Å². The molecule has 0 saturated heterocycles. The summed E-state index contributed by atoms with van der Waals surface area (Å²) in [5.74, 6) is 6.12. The molecule has 4 nitrogen and oxygen atoms in total. The van der Waals surface area contributed by atoms with Gasteiger partial charge in [-0.3, -0.25) is 0 Å². The average Bonchev–Trinajstić information content (AvgIpc) is 2.37. The lowest BCUT2D eigenvalue weighted by Gasteiger charge is -2.19. The fourth-order valence-electron chi connectivity index (χ4n) is 1.68. The van der Waals surface area contributed by atoms with E-state index >= 15 is 0 Å². The second-order valence-electron chi connectivity index (χ2n) is 5.72. The summed E-state index contributed by atoms with van der Waals surface area (Å²) in [6.45, 7) is 6.61. The molecule has 0 bridgehead atoms. The Morgan fingerprint density at radius 3 is 2.81 bits per heavy atom. The van der Waals surface area contributed by atoms with Crippen LogP contribution in [0.25, 0.3) is 0 Å². The molecule has 0 aromatic heterocycles. The molecule has 0 unspecified atom stereocenters. The van der Waals surface area contributed by atoms with E-state index in [1.54, 1.807) is 0 Å². The molecule has 1 rings (SSSR count). The van der Waals surface area contributed by atoms with Gasteiger partial charge < -0.3 is 15.8 Å². The van der Waals surface area contributed by atoms with Gasteiger partial charge in [0.1, 0.15) is 5.60 Å². The third-order valence-corrected chi connectivity index (χ3v) is 2.51. The number of hydrogen-bond donors (Lipinski definition) is 2. The SMILES string of the molecule is CC(C)(C)OC(=O)NCCC#Cc1cccc(CCN)c1. The van der Waals surface area contributed by atoms with Crippen LogP contribution in [0, 0.1) is 11.8 Å². The molecule has 3 N–H and O–H groups in total. The Morgan fingerprint density at radius 1 is 1.38 bits per heavy atom. The summed E-state index contributed by atoms with van der Waals surface area (Å²) < 4.78 is 5.14. The lowest BCUT2D eigenvalue weighted by atomic mass is 10.1. The topological polar surface area (TPSA) is 64.3 Å². The molecule has 1 aromatic rings. The van der Waals surface area contributed by atoms with Crippen molar-refractivity contribution in [3.63, 3.8) is 0 Å². The Bertz CT molecular complexity index is 522. The fraction of sp³-hybridized carbons (Fsp3) is 0.471. The van der Waals surface area contributed by atoms with Crippen molar-refractivity contribution in [1.29, 1.82) is 0 Å². The van der Waals surface area contributed by atoms with Crippen LogP contribution in [0.1, 0.15) is 38.3 Å². The van der Waals surface area contributed by atoms with Gasteiger partial charge in [0.05, 0.1) is 0 Å². The van der Waals surface area contributed by atoms with Gasteiger partial charge in [0, 0.05) is 18.5 Å². The van der Waals surface area contributed by atoms with E-state index in [4.69, 9.17) is 10.5 Å². The molecule has 0 radical (unpaired) electrons. The van der Waals surface area contributed by atoms with Gasteiger partial charge in [-0.2, -0.15) is 0 Å². The lowest BCUT2D eigenvalue weighted by molar-refractivity contribution is 0.0529. The van der Waals surface area contributed by atoms with E-state index in [0.29, 0.717) is 19.5 Å². The summed E-state index contributed by atoms with van der Waals surface area (Å²) in [4.78, 5) is 11.4. The highest BCUT2D eigenvalue weighted by Gasteiger charge is 2.15. The maximum atomic E-state index is 11.4. The van der Waals surface area contributed by atoms with E-state index in [9.17, 15) is 4.79 Å². The summed E-state index contributed by atoms with van der Waals surface area (Å²) in [7, 11) is 0. The number of nitrogens with one attached hydrogen (secondary N) is 1. The van der Waals surface area contributed by atoms with Crippen molar-refractivity contribution in [2.75, 3.05) is 13.1 Å². The highest BCUT2D eigenvalue weighted by molar-refractivity contribution is 5.67. The minimum absolute atomic E-state index is 0.408. The van der Waals surface area contributed by atoms with Crippen LogP contribution < -0.4 is 11.1 Å². The Balaban J connectivity index is 2.36. The zero-order chi connectivity index (χ0) is 15.7. The molecule has 21 heavy (non-hydrogen) atoms. The number of rotatable bonds is 4. The zero-order valence-corrected chi connectivity index (χ0v) is 13.0. The predicted octanol–water partition coefficient (Wildman–Crippen LogP) is 2.45. The third-order valence-electron chi connectivity index (χ3n) is 2.51. The monoisotopic (exact) mass is 288 g/mol. The molecule has 1 aromatic carbocycles. The van der Waals surface area contributed by atoms with Gasteiger partial charge in [-0.05, 0) is 51.4 Å². The summed E-state index contributed by atoms with van der Waals surface area (Å²) in [6, 6.07) is 8.03. The Labute approximate surface area is 127 Å². The summed E-state index contributed by atoms with van der Waals surface area (Å²) in [5, 5.41) is 2.68. The highest BCUT2D eigenvalue weighted by atomic mass is 16.6. The fourth-order valence-corrected chi connectivity index (χ4v) is 1.68. The van der Waals surface area contributed by atoms with E-state index in [0.717, 1.165) is 12.0 Å². The molecule has 0 saturated carbocycles. The molecule has 0 aliphatic heterocycles. The Kier molecular flexibility index (Phi) is 6.77. The highest BCUT2D eigenvalue weighted by Crippen LogP contribution is 2.06. The van der Waals surface area contributed by atoms with Gasteiger partial charge in [-0.25, -0.2) is 4.79 Å². The van der Waals surface area contributed by atoms with Gasteiger partial charge in [0.25, 0.3) is 0 Å². The Morgan fingerprint density at radius 2 is 2.14 bits per heavy atom. The lowest BCUT2D eigenvalue weighted by Crippen LogP contribution is -2.32. The molecule has 0 fully saturated rings. The van der Waals surface area contributed by atoms with Crippen molar-refractivity contribution in [3.8, 4) is 11.8 Å². The molecule has 0 aliphatic carbocycles. The maximum Gasteiger partial charge on any atom is 0.407 e. The number of benzene rings is 1. The third kappa shape index (κ3) is 8.01. The number of hydrogen-bond acceptors (Lipinski definition) is 3. The zero-order valence-electron chi connectivity index (χ0n) is 13.0. The van der Waals surface area contributed by atoms with E-state index < -0.39 is 11.7 Å². The maximum absolute atomic E-state index is 11.4. The molecule has 4 heteroatoms. The van der Waals surface area contributed by atoms with E-state index in [-0.39, 0.29) is 0 Å². The smallest absolute Gasteiger partial charge is 0.407 e. The van der Waals surface area contributed by atoms with Crippen LogP contribution in [0.4, 0.5) is 4.79 Å². The number of amides is 1. The second-order valence-corrected chi connectivity index (χ2v) is 5.72. The van der Waals surface area contributed by atoms with Gasteiger partial charge >= 0.3 is 6.09 Å². The van der Waals surface area contributed by atoms with Gasteiger partial charge in [0.15, 0.2) is 0 Å². The predicted molar refractivity (Wildman–Crippen MR) is 84.9 cm³/mol. The second kappa shape index (κ2) is 8.33. The number of ether oxygens (including phenoxy) is 1. The van der Waals surface area contributed by atoms with E-state index in [1.165, 1.54) is 5.56 Å². The minimum atomic E-state index is -0.473. The first-order chi connectivity index (χ1) is 9.90. The quantitative estimate of drug-likeness (QED) is 0.661. The number of alkyl carbamates (subject to hydrolysis) is 1. The first kappa shape index (κ1) is 17.1. The summed E-state index contributed by atoms with van der Waals surface area (Å²) >= 11 is 0. The van der Waals surface area contributed by atoms with Crippen molar-refractivity contribution >= 4 is 6.09 Å². The minimum Gasteiger partial charge on any atom is -0.444 e. The summed E-state index contributed by atoms with van der Waals surface area (Å²) in [6.07, 6.45) is 1.03. The van der Waals surface area contributed by atoms with E-state index in [1.807, 2.05) is 45.0 Å². The van der Waals surface area contributed by atoms with Crippen LogP contribution in [-0.4, -0.2) is 24.8 Å². The number of carbonyl (C=O) groups is 1. The molecule has 0 aliphatic rings. The molecule has 0 heterocycles. The van der Waals surface area contributed by atoms with Gasteiger partial charge in [-0.1, -0.05) is 24.0 Å². The first-order valence-electron chi connectivity index (χ1n) is 7.15. The molecule has 0 spiro atoms. The number of carbonyl (C=O) groups excluding carboxylic acids is 1. The van der Waals surface area contributed by atoms with Gasteiger partial charge in [0.2, 0.25) is 0 Å². The van der Waals surface area contributed by atoms with Crippen LogP contribution in [-0.2, 0) is 11.2 Å². The standard InChI is InChI=1S/C17H24N2O2/c1-17(2,3)21-16(20)19-12-5-4-7-14-8-6-9-15(13-14)10-11-18/h6,8-9,13H,5,10-12,18H2,1-3H3,(H,19,20). The van der Waals surface area contributed by atoms with Crippen molar-refractivity contribution in [1.82, 2.24) is 5.32 Å². The molecular weight excluding hydrogens is 264 g/mol. The van der Waals surface area contributed by atoms with Crippen molar-refractivity contribution in [2.45, 2.75) is 39.2 Å². The summed E-state index contributed by atoms with van der Waals surface area (Å²) in [5.41, 5.74) is 7.22. The van der Waals surface area contributed by atoms with Crippen LogP contribution in [0.2, 0.25) is 0 Å². The average molecular weight is 288 g/mol. The molecule has 1 amide bonds. The first-order valence-corrected chi connectivity index (χ1v) is 7.15. The van der Waals surface area contributed by atoms with Crippen molar-refractivity contribution in [3.05, 3.63) is 35.4 Å². The van der Waals surface area contributed by atoms with Crippen LogP contribution in [0.15, 0.2) is 24.3 Å². The Hall–Kier alpha value is -1.99. The van der Waals surface area contributed by atoms with Gasteiger partial charge in [-0.15, -0.1) is 0 Å². The molecular formula is C17H24N2O2. The molecule has 0 atom stereocenters. The van der Waals surface area contributed by atoms with Crippen LogP contribution >= 0.6 is 0 Å². The van der Waals surface area contributed by atoms with Crippen LogP contribution in [0.5, 0.6) is 0 Å². The number of nitrogens with two attached hydrogens (primary N) is 1. The van der Waals surface area contributed by atoms with Crippen LogP contribution in [0.3, 0.4) is 0 Å².